The molecule has 0 aliphatic carbocycles. The molecular weight excluding hydrogens is 389 g/mol. The van der Waals surface area contributed by atoms with Crippen molar-refractivity contribution in [3.05, 3.63) is 52.3 Å². The highest BCUT2D eigenvalue weighted by Gasteiger charge is 2.32. The summed E-state index contributed by atoms with van der Waals surface area (Å²) < 4.78 is 39.0. The maximum absolute atomic E-state index is 13.0. The Kier molecular flexibility index (Phi) is 6.17. The third kappa shape index (κ3) is 5.04. The number of aromatic nitrogens is 1. The third-order valence-electron chi connectivity index (χ3n) is 3.51. The van der Waals surface area contributed by atoms with Crippen LogP contribution in [0.4, 0.5) is 13.2 Å². The van der Waals surface area contributed by atoms with Gasteiger partial charge in [-0.15, -0.1) is 0 Å². The van der Waals surface area contributed by atoms with Crippen molar-refractivity contribution < 1.29 is 32.7 Å². The minimum absolute atomic E-state index is 0.0603. The molecule has 0 radical (unpaired) electrons. The van der Waals surface area contributed by atoms with Gasteiger partial charge in [-0.3, -0.25) is 19.4 Å². The second kappa shape index (κ2) is 8.17. The normalized spacial score (nSPS) is 11.1. The molecule has 10 heteroatoms. The van der Waals surface area contributed by atoms with E-state index in [0.29, 0.717) is 12.4 Å². The highest BCUT2D eigenvalue weighted by molar-refractivity contribution is 6.33. The van der Waals surface area contributed by atoms with Crippen LogP contribution in [0.15, 0.2) is 30.5 Å². The first kappa shape index (κ1) is 20.4. The van der Waals surface area contributed by atoms with E-state index < -0.39 is 23.6 Å². The molecule has 0 saturated carbocycles. The Morgan fingerprint density at radius 3 is 2.48 bits per heavy atom. The van der Waals surface area contributed by atoms with Gasteiger partial charge >= 0.3 is 12.1 Å². The number of carboxylic acids is 1. The van der Waals surface area contributed by atoms with Crippen molar-refractivity contribution in [2.75, 3.05) is 6.54 Å². The van der Waals surface area contributed by atoms with Crippen LogP contribution in [0.1, 0.15) is 32.8 Å². The number of benzene rings is 1. The SMILES string of the molecule is O=Cc1c(Cl)cc(C(F)(F)F)cc1-c1ccc(C(=O)NCCC(=O)O)nc1. The number of aliphatic carboxylic acids is 1. The molecule has 6 nitrogen and oxygen atoms in total. The molecule has 1 amide bonds. The first-order valence-electron chi connectivity index (χ1n) is 7.46. The summed E-state index contributed by atoms with van der Waals surface area (Å²) in [5.74, 6) is -1.72. The lowest BCUT2D eigenvalue weighted by atomic mass is 9.98. The number of pyridine rings is 1. The van der Waals surface area contributed by atoms with Crippen LogP contribution in [0.5, 0.6) is 0 Å². The quantitative estimate of drug-likeness (QED) is 0.724. The van der Waals surface area contributed by atoms with E-state index in [1.807, 2.05) is 0 Å². The molecule has 0 unspecified atom stereocenters. The molecule has 2 N–H and O–H groups in total. The summed E-state index contributed by atoms with van der Waals surface area (Å²) in [5.41, 5.74) is -1.13. The van der Waals surface area contributed by atoms with E-state index in [4.69, 9.17) is 16.7 Å². The summed E-state index contributed by atoms with van der Waals surface area (Å²) >= 11 is 5.79. The van der Waals surface area contributed by atoms with Gasteiger partial charge in [0.15, 0.2) is 6.29 Å². The minimum atomic E-state index is -4.66. The van der Waals surface area contributed by atoms with E-state index in [2.05, 4.69) is 10.3 Å². The van der Waals surface area contributed by atoms with Gasteiger partial charge in [0.25, 0.3) is 5.91 Å². The Bertz CT molecular complexity index is 883. The second-order valence-electron chi connectivity index (χ2n) is 5.37. The molecule has 0 atom stereocenters. The van der Waals surface area contributed by atoms with E-state index in [1.165, 1.54) is 12.1 Å². The Morgan fingerprint density at radius 2 is 1.96 bits per heavy atom. The average molecular weight is 401 g/mol. The predicted molar refractivity (Wildman–Crippen MR) is 89.7 cm³/mol. The van der Waals surface area contributed by atoms with Crippen molar-refractivity contribution in [3.8, 4) is 11.1 Å². The number of nitrogens with one attached hydrogen (secondary N) is 1. The average Bonchev–Trinajstić information content (AvgIpc) is 2.60. The molecule has 0 spiro atoms. The van der Waals surface area contributed by atoms with Crippen LogP contribution in [0.3, 0.4) is 0 Å². The molecule has 1 heterocycles. The van der Waals surface area contributed by atoms with Crippen molar-refractivity contribution in [2.24, 2.45) is 0 Å². The summed E-state index contributed by atoms with van der Waals surface area (Å²) in [7, 11) is 0. The highest BCUT2D eigenvalue weighted by Crippen LogP contribution is 2.37. The van der Waals surface area contributed by atoms with Gasteiger partial charge in [-0.2, -0.15) is 13.2 Å². The molecule has 0 aliphatic rings. The number of carbonyl (C=O) groups is 3. The fraction of sp³-hybridized carbons (Fsp3) is 0.176. The number of hydrogen-bond donors (Lipinski definition) is 2. The predicted octanol–water partition coefficient (Wildman–Crippen LogP) is 3.44. The lowest BCUT2D eigenvalue weighted by Crippen LogP contribution is -2.26. The second-order valence-corrected chi connectivity index (χ2v) is 5.77. The lowest BCUT2D eigenvalue weighted by Gasteiger charge is -2.13. The number of carbonyl (C=O) groups excluding carboxylic acids is 2. The molecule has 0 saturated heterocycles. The zero-order valence-corrected chi connectivity index (χ0v) is 14.3. The molecular formula is C17H12ClF3N2O4. The van der Waals surface area contributed by atoms with E-state index in [0.717, 1.165) is 12.3 Å². The van der Waals surface area contributed by atoms with Gasteiger partial charge in [0.05, 0.1) is 17.0 Å². The fourth-order valence-electron chi connectivity index (χ4n) is 2.20. The smallest absolute Gasteiger partial charge is 0.416 e. The Hall–Kier alpha value is -2.94. The third-order valence-corrected chi connectivity index (χ3v) is 3.82. The number of nitrogens with zero attached hydrogens (tertiary/aromatic N) is 1. The van der Waals surface area contributed by atoms with E-state index >= 15 is 0 Å². The molecule has 1 aromatic heterocycles. The van der Waals surface area contributed by atoms with Gasteiger partial charge in [-0.05, 0) is 23.8 Å². The van der Waals surface area contributed by atoms with Crippen molar-refractivity contribution in [1.82, 2.24) is 10.3 Å². The summed E-state index contributed by atoms with van der Waals surface area (Å²) in [6, 6.07) is 4.00. The first-order chi connectivity index (χ1) is 12.6. The van der Waals surface area contributed by atoms with Crippen LogP contribution in [-0.4, -0.2) is 34.8 Å². The van der Waals surface area contributed by atoms with Gasteiger partial charge in [-0.25, -0.2) is 0 Å². The molecule has 2 aromatic rings. The lowest BCUT2D eigenvalue weighted by molar-refractivity contribution is -0.138. The van der Waals surface area contributed by atoms with E-state index in [9.17, 15) is 27.6 Å². The van der Waals surface area contributed by atoms with Crippen LogP contribution in [0, 0.1) is 0 Å². The Balaban J connectivity index is 2.33. The number of hydrogen-bond acceptors (Lipinski definition) is 4. The van der Waals surface area contributed by atoms with E-state index in [-0.39, 0.29) is 40.4 Å². The topological polar surface area (TPSA) is 96.4 Å². The van der Waals surface area contributed by atoms with Gasteiger partial charge in [0.1, 0.15) is 5.69 Å². The van der Waals surface area contributed by atoms with Crippen molar-refractivity contribution in [3.63, 3.8) is 0 Å². The van der Waals surface area contributed by atoms with Crippen LogP contribution < -0.4 is 5.32 Å². The Morgan fingerprint density at radius 1 is 1.26 bits per heavy atom. The van der Waals surface area contributed by atoms with Crippen LogP contribution in [0.2, 0.25) is 5.02 Å². The molecule has 0 bridgehead atoms. The summed E-state index contributed by atoms with van der Waals surface area (Å²) in [5, 5.41) is 10.5. The molecule has 0 fully saturated rings. The Labute approximate surface area is 156 Å². The molecule has 0 aliphatic heterocycles. The number of carboxylic acid groups (broad SMARTS) is 1. The van der Waals surface area contributed by atoms with E-state index in [1.54, 1.807) is 0 Å². The minimum Gasteiger partial charge on any atom is -0.481 e. The maximum Gasteiger partial charge on any atom is 0.416 e. The standard InChI is InChI=1S/C17H12ClF3N2O4/c18-13-6-10(17(19,20)21)5-11(12(13)8-24)9-1-2-14(23-7-9)16(27)22-4-3-15(25)26/h1-2,5-8H,3-4H2,(H,22,27)(H,25,26). The first-order valence-corrected chi connectivity index (χ1v) is 7.83. The van der Waals surface area contributed by atoms with Crippen molar-refractivity contribution >= 4 is 29.8 Å². The number of alkyl halides is 3. The van der Waals surface area contributed by atoms with Gasteiger partial charge in [0, 0.05) is 23.9 Å². The van der Waals surface area contributed by atoms with Crippen LogP contribution in [-0.2, 0) is 11.0 Å². The largest absolute Gasteiger partial charge is 0.481 e. The zero-order valence-electron chi connectivity index (χ0n) is 13.5. The summed E-state index contributed by atoms with van der Waals surface area (Å²) in [4.78, 5) is 37.3. The fourth-order valence-corrected chi connectivity index (χ4v) is 2.47. The number of halogens is 4. The monoisotopic (exact) mass is 400 g/mol. The maximum atomic E-state index is 13.0. The number of amides is 1. The van der Waals surface area contributed by atoms with Gasteiger partial charge in [-0.1, -0.05) is 17.7 Å². The van der Waals surface area contributed by atoms with Crippen molar-refractivity contribution in [2.45, 2.75) is 12.6 Å². The van der Waals surface area contributed by atoms with Crippen LogP contribution >= 0.6 is 11.6 Å². The van der Waals surface area contributed by atoms with Gasteiger partial charge < -0.3 is 10.4 Å². The van der Waals surface area contributed by atoms with Crippen molar-refractivity contribution in [1.29, 1.82) is 0 Å². The number of rotatable bonds is 6. The molecule has 27 heavy (non-hydrogen) atoms. The molecule has 1 aromatic carbocycles. The summed E-state index contributed by atoms with van der Waals surface area (Å²) in [6.07, 6.45) is -3.46. The number of aldehydes is 1. The van der Waals surface area contributed by atoms with Crippen LogP contribution in [0.25, 0.3) is 11.1 Å². The molecule has 142 valence electrons. The summed E-state index contributed by atoms with van der Waals surface area (Å²) in [6.45, 7) is -0.101. The zero-order chi connectivity index (χ0) is 20.2. The van der Waals surface area contributed by atoms with Gasteiger partial charge in [0.2, 0.25) is 0 Å². The molecule has 2 rings (SSSR count). The highest BCUT2D eigenvalue weighted by atomic mass is 35.5.